The lowest BCUT2D eigenvalue weighted by Crippen LogP contribution is -2.11. The fourth-order valence-corrected chi connectivity index (χ4v) is 2.86. The Hall–Kier alpha value is -2.17. The third-order valence-electron chi connectivity index (χ3n) is 3.90. The second-order valence-corrected chi connectivity index (χ2v) is 5.10. The van der Waals surface area contributed by atoms with Gasteiger partial charge in [-0.15, -0.1) is 5.10 Å². The third-order valence-corrected chi connectivity index (χ3v) is 3.90. The molecule has 5 heteroatoms. The van der Waals surface area contributed by atoms with Crippen molar-refractivity contribution in [2.75, 3.05) is 0 Å². The van der Waals surface area contributed by atoms with Gasteiger partial charge in [-0.25, -0.2) is 4.68 Å². The smallest absolute Gasteiger partial charge is 0.113 e. The summed E-state index contributed by atoms with van der Waals surface area (Å²) in [5, 5.41) is 12.7. The molecule has 1 aliphatic heterocycles. The molecule has 1 aliphatic rings. The molecule has 0 N–H and O–H groups in total. The Labute approximate surface area is 110 Å². The SMILES string of the molecule is Cn1nnc2ccc(-c3cnn4c3CCCC4)cc21. The predicted octanol–water partition coefficient (Wildman–Crippen LogP) is 2.17. The molecule has 96 valence electrons. The van der Waals surface area contributed by atoms with Gasteiger partial charge in [-0.2, -0.15) is 5.10 Å². The summed E-state index contributed by atoms with van der Waals surface area (Å²) in [5.41, 5.74) is 5.82. The van der Waals surface area contributed by atoms with Crippen LogP contribution in [0.15, 0.2) is 24.4 Å². The van der Waals surface area contributed by atoms with Crippen molar-refractivity contribution in [3.63, 3.8) is 0 Å². The van der Waals surface area contributed by atoms with E-state index in [2.05, 4.69) is 32.2 Å². The summed E-state index contributed by atoms with van der Waals surface area (Å²) in [5.74, 6) is 0. The quantitative estimate of drug-likeness (QED) is 0.667. The molecule has 1 aromatic carbocycles. The van der Waals surface area contributed by atoms with Crippen molar-refractivity contribution in [1.82, 2.24) is 24.8 Å². The van der Waals surface area contributed by atoms with Crippen LogP contribution in [0.4, 0.5) is 0 Å². The standard InChI is InChI=1S/C14H15N5/c1-18-14-8-10(5-6-12(14)16-17-18)11-9-15-19-7-3-2-4-13(11)19/h5-6,8-9H,2-4,7H2,1H3. The zero-order valence-electron chi connectivity index (χ0n) is 10.9. The second-order valence-electron chi connectivity index (χ2n) is 5.10. The van der Waals surface area contributed by atoms with Crippen LogP contribution in [0.25, 0.3) is 22.2 Å². The lowest BCUT2D eigenvalue weighted by Gasteiger charge is -2.14. The van der Waals surface area contributed by atoms with Gasteiger partial charge in [-0.1, -0.05) is 11.3 Å². The van der Waals surface area contributed by atoms with Crippen molar-refractivity contribution in [3.8, 4) is 11.1 Å². The molecular formula is C14H15N5. The van der Waals surface area contributed by atoms with Crippen LogP contribution in [0.1, 0.15) is 18.5 Å². The van der Waals surface area contributed by atoms with E-state index in [4.69, 9.17) is 0 Å². The number of nitrogens with zero attached hydrogens (tertiary/aromatic N) is 5. The third kappa shape index (κ3) is 1.58. The van der Waals surface area contributed by atoms with Gasteiger partial charge in [0.15, 0.2) is 0 Å². The first-order chi connectivity index (χ1) is 9.33. The summed E-state index contributed by atoms with van der Waals surface area (Å²) < 4.78 is 3.96. The molecule has 0 amide bonds. The normalized spacial score (nSPS) is 14.8. The Kier molecular flexibility index (Phi) is 2.21. The van der Waals surface area contributed by atoms with E-state index in [9.17, 15) is 0 Å². The fraction of sp³-hybridized carbons (Fsp3) is 0.357. The fourth-order valence-electron chi connectivity index (χ4n) is 2.86. The maximum absolute atomic E-state index is 4.50. The summed E-state index contributed by atoms with van der Waals surface area (Å²) in [6.45, 7) is 1.05. The first kappa shape index (κ1) is 10.7. The summed E-state index contributed by atoms with van der Waals surface area (Å²) in [6, 6.07) is 6.30. The summed E-state index contributed by atoms with van der Waals surface area (Å²) in [6.07, 6.45) is 5.61. The number of hydrogen-bond acceptors (Lipinski definition) is 3. The van der Waals surface area contributed by atoms with Gasteiger partial charge < -0.3 is 0 Å². The van der Waals surface area contributed by atoms with E-state index in [1.54, 1.807) is 0 Å². The van der Waals surface area contributed by atoms with E-state index >= 15 is 0 Å². The zero-order chi connectivity index (χ0) is 12.8. The lowest BCUT2D eigenvalue weighted by atomic mass is 10.0. The zero-order valence-corrected chi connectivity index (χ0v) is 10.9. The Morgan fingerprint density at radius 3 is 3.11 bits per heavy atom. The van der Waals surface area contributed by atoms with Gasteiger partial charge in [0, 0.05) is 24.8 Å². The number of fused-ring (bicyclic) bond motifs is 2. The average Bonchev–Trinajstić information content (AvgIpc) is 3.03. The maximum Gasteiger partial charge on any atom is 0.113 e. The van der Waals surface area contributed by atoms with Crippen LogP contribution in [0.2, 0.25) is 0 Å². The molecule has 0 spiro atoms. The van der Waals surface area contributed by atoms with E-state index in [0.29, 0.717) is 0 Å². The molecule has 3 heterocycles. The van der Waals surface area contributed by atoms with Crippen molar-refractivity contribution >= 4 is 11.0 Å². The molecular weight excluding hydrogens is 238 g/mol. The van der Waals surface area contributed by atoms with Crippen molar-refractivity contribution < 1.29 is 0 Å². The van der Waals surface area contributed by atoms with Crippen LogP contribution in [0.5, 0.6) is 0 Å². The molecule has 0 unspecified atom stereocenters. The van der Waals surface area contributed by atoms with Crippen molar-refractivity contribution in [2.45, 2.75) is 25.8 Å². The highest BCUT2D eigenvalue weighted by Crippen LogP contribution is 2.29. The lowest BCUT2D eigenvalue weighted by molar-refractivity contribution is 0.487. The minimum absolute atomic E-state index is 0.937. The van der Waals surface area contributed by atoms with E-state index in [-0.39, 0.29) is 0 Å². The first-order valence-corrected chi connectivity index (χ1v) is 6.67. The minimum atomic E-state index is 0.937. The number of aryl methyl sites for hydroxylation is 2. The largest absolute Gasteiger partial charge is 0.269 e. The van der Waals surface area contributed by atoms with Crippen molar-refractivity contribution in [1.29, 1.82) is 0 Å². The molecule has 5 nitrogen and oxygen atoms in total. The Morgan fingerprint density at radius 1 is 1.21 bits per heavy atom. The highest BCUT2D eigenvalue weighted by atomic mass is 15.4. The van der Waals surface area contributed by atoms with Gasteiger partial charge in [0.2, 0.25) is 0 Å². The molecule has 0 saturated carbocycles. The highest BCUT2D eigenvalue weighted by molar-refractivity contribution is 5.81. The summed E-state index contributed by atoms with van der Waals surface area (Å²) >= 11 is 0. The van der Waals surface area contributed by atoms with Crippen LogP contribution in [-0.2, 0) is 20.0 Å². The first-order valence-electron chi connectivity index (χ1n) is 6.67. The molecule has 0 aliphatic carbocycles. The number of benzene rings is 1. The van der Waals surface area contributed by atoms with Crippen LogP contribution in [0.3, 0.4) is 0 Å². The molecule has 19 heavy (non-hydrogen) atoms. The summed E-state index contributed by atoms with van der Waals surface area (Å²) in [7, 11) is 1.92. The van der Waals surface area contributed by atoms with Gasteiger partial charge in [-0.3, -0.25) is 4.68 Å². The number of aromatic nitrogens is 5. The number of rotatable bonds is 1. The molecule has 0 radical (unpaired) electrons. The van der Waals surface area contributed by atoms with Crippen LogP contribution >= 0.6 is 0 Å². The maximum atomic E-state index is 4.50. The van der Waals surface area contributed by atoms with Gasteiger partial charge >= 0.3 is 0 Å². The Balaban J connectivity index is 1.89. The molecule has 0 bridgehead atoms. The highest BCUT2D eigenvalue weighted by Gasteiger charge is 2.16. The number of hydrogen-bond donors (Lipinski definition) is 0. The van der Waals surface area contributed by atoms with Gasteiger partial charge in [0.05, 0.1) is 11.7 Å². The second kappa shape index (κ2) is 3.91. The molecule has 4 rings (SSSR count). The van der Waals surface area contributed by atoms with E-state index < -0.39 is 0 Å². The molecule has 0 atom stereocenters. The van der Waals surface area contributed by atoms with Crippen molar-refractivity contribution in [3.05, 3.63) is 30.1 Å². The van der Waals surface area contributed by atoms with Gasteiger partial charge in [-0.05, 0) is 37.0 Å². The van der Waals surface area contributed by atoms with E-state index in [1.807, 2.05) is 24.0 Å². The molecule has 3 aromatic rings. The Bertz CT molecular complexity index is 752. The van der Waals surface area contributed by atoms with E-state index in [1.165, 1.54) is 29.7 Å². The Morgan fingerprint density at radius 2 is 2.16 bits per heavy atom. The van der Waals surface area contributed by atoms with Gasteiger partial charge in [0.1, 0.15) is 5.52 Å². The van der Waals surface area contributed by atoms with Crippen LogP contribution in [0, 0.1) is 0 Å². The molecule has 0 saturated heterocycles. The van der Waals surface area contributed by atoms with Crippen molar-refractivity contribution in [2.24, 2.45) is 7.05 Å². The predicted molar refractivity (Wildman–Crippen MR) is 72.7 cm³/mol. The minimum Gasteiger partial charge on any atom is -0.269 e. The average molecular weight is 253 g/mol. The van der Waals surface area contributed by atoms with Crippen LogP contribution < -0.4 is 0 Å². The monoisotopic (exact) mass is 253 g/mol. The molecule has 2 aromatic heterocycles. The molecule has 0 fully saturated rings. The van der Waals surface area contributed by atoms with Gasteiger partial charge in [0.25, 0.3) is 0 Å². The topological polar surface area (TPSA) is 48.5 Å². The van der Waals surface area contributed by atoms with E-state index in [0.717, 1.165) is 24.0 Å². The van der Waals surface area contributed by atoms with Crippen LogP contribution in [-0.4, -0.2) is 24.8 Å². The summed E-state index contributed by atoms with van der Waals surface area (Å²) in [4.78, 5) is 0.